The standard InChI is InChI=1S/C11H12Cl2O3S/c12-8-2-1-3-9(13)11(8)16-5-7-17-6-4-10(14)15/h1-3H,4-7H2,(H,14,15). The smallest absolute Gasteiger partial charge is 0.304 e. The quantitative estimate of drug-likeness (QED) is 0.781. The summed E-state index contributed by atoms with van der Waals surface area (Å²) in [7, 11) is 0. The minimum atomic E-state index is -0.785. The summed E-state index contributed by atoms with van der Waals surface area (Å²) < 4.78 is 5.44. The topological polar surface area (TPSA) is 46.5 Å². The maximum absolute atomic E-state index is 10.3. The maximum Gasteiger partial charge on any atom is 0.304 e. The number of hydrogen-bond acceptors (Lipinski definition) is 3. The predicted octanol–water partition coefficient (Wildman–Crippen LogP) is 3.58. The molecule has 0 aliphatic carbocycles. The van der Waals surface area contributed by atoms with Crippen molar-refractivity contribution in [1.82, 2.24) is 0 Å². The van der Waals surface area contributed by atoms with E-state index in [1.54, 1.807) is 18.2 Å². The van der Waals surface area contributed by atoms with E-state index in [1.165, 1.54) is 11.8 Å². The van der Waals surface area contributed by atoms with Crippen molar-refractivity contribution in [1.29, 1.82) is 0 Å². The van der Waals surface area contributed by atoms with Gasteiger partial charge < -0.3 is 9.84 Å². The molecular formula is C11H12Cl2O3S. The van der Waals surface area contributed by atoms with Gasteiger partial charge in [0.1, 0.15) is 0 Å². The molecule has 1 aromatic rings. The van der Waals surface area contributed by atoms with E-state index in [-0.39, 0.29) is 6.42 Å². The second kappa shape index (κ2) is 7.69. The highest BCUT2D eigenvalue weighted by Gasteiger charge is 2.06. The lowest BCUT2D eigenvalue weighted by Crippen LogP contribution is -2.03. The lowest BCUT2D eigenvalue weighted by atomic mass is 10.3. The summed E-state index contributed by atoms with van der Waals surface area (Å²) in [6.45, 7) is 0.452. The van der Waals surface area contributed by atoms with Gasteiger partial charge in [-0.2, -0.15) is 11.8 Å². The molecule has 0 aliphatic heterocycles. The molecule has 3 nitrogen and oxygen atoms in total. The van der Waals surface area contributed by atoms with Gasteiger partial charge in [-0.25, -0.2) is 0 Å². The number of para-hydroxylation sites is 1. The zero-order chi connectivity index (χ0) is 12.7. The Morgan fingerprint density at radius 1 is 1.29 bits per heavy atom. The van der Waals surface area contributed by atoms with E-state index in [0.29, 0.717) is 33.9 Å². The summed E-state index contributed by atoms with van der Waals surface area (Å²) in [5.41, 5.74) is 0. The number of carboxylic acid groups (broad SMARTS) is 1. The first-order valence-electron chi connectivity index (χ1n) is 4.97. The van der Waals surface area contributed by atoms with Gasteiger partial charge in [0.2, 0.25) is 0 Å². The first kappa shape index (κ1) is 14.5. The molecule has 0 spiro atoms. The second-order valence-corrected chi connectivity index (χ2v) is 5.19. The monoisotopic (exact) mass is 294 g/mol. The van der Waals surface area contributed by atoms with Gasteiger partial charge in [-0.3, -0.25) is 4.79 Å². The van der Waals surface area contributed by atoms with Gasteiger partial charge in [-0.05, 0) is 12.1 Å². The number of aliphatic carboxylic acids is 1. The van der Waals surface area contributed by atoms with Crippen molar-refractivity contribution >= 4 is 40.9 Å². The van der Waals surface area contributed by atoms with E-state index in [4.69, 9.17) is 33.0 Å². The van der Waals surface area contributed by atoms with Crippen LogP contribution in [0.2, 0.25) is 10.0 Å². The Morgan fingerprint density at radius 2 is 1.94 bits per heavy atom. The second-order valence-electron chi connectivity index (χ2n) is 3.16. The molecule has 0 saturated carbocycles. The Hall–Kier alpha value is -0.580. The highest BCUT2D eigenvalue weighted by Crippen LogP contribution is 2.32. The molecule has 1 N–H and O–H groups in total. The summed E-state index contributed by atoms with van der Waals surface area (Å²) in [5, 5.41) is 9.40. The molecule has 0 amide bonds. The summed E-state index contributed by atoms with van der Waals surface area (Å²) >= 11 is 13.4. The highest BCUT2D eigenvalue weighted by molar-refractivity contribution is 7.99. The zero-order valence-electron chi connectivity index (χ0n) is 8.99. The van der Waals surface area contributed by atoms with Crippen LogP contribution in [-0.4, -0.2) is 29.2 Å². The molecule has 17 heavy (non-hydrogen) atoms. The molecule has 6 heteroatoms. The number of carboxylic acids is 1. The van der Waals surface area contributed by atoms with Crippen LogP contribution in [0.5, 0.6) is 5.75 Å². The molecular weight excluding hydrogens is 283 g/mol. The Labute approximate surface area is 114 Å². The molecule has 0 radical (unpaired) electrons. The first-order valence-corrected chi connectivity index (χ1v) is 6.88. The van der Waals surface area contributed by atoms with Gasteiger partial charge in [-0.1, -0.05) is 29.3 Å². The van der Waals surface area contributed by atoms with Gasteiger partial charge >= 0.3 is 5.97 Å². The molecule has 0 saturated heterocycles. The van der Waals surface area contributed by atoms with E-state index in [2.05, 4.69) is 0 Å². The fourth-order valence-electron chi connectivity index (χ4n) is 1.08. The Bertz CT molecular complexity index is 365. The molecule has 0 unspecified atom stereocenters. The minimum Gasteiger partial charge on any atom is -0.490 e. The molecule has 1 aromatic carbocycles. The number of ether oxygens (including phenoxy) is 1. The molecule has 0 aromatic heterocycles. The molecule has 1 rings (SSSR count). The summed E-state index contributed by atoms with van der Waals surface area (Å²) in [6.07, 6.45) is 0.164. The van der Waals surface area contributed by atoms with Gasteiger partial charge in [-0.15, -0.1) is 0 Å². The van der Waals surface area contributed by atoms with Crippen molar-refractivity contribution in [2.75, 3.05) is 18.1 Å². The normalized spacial score (nSPS) is 10.2. The minimum absolute atomic E-state index is 0.164. The van der Waals surface area contributed by atoms with Crippen LogP contribution in [0, 0.1) is 0 Å². The Balaban J connectivity index is 2.24. The average molecular weight is 295 g/mol. The molecule has 94 valence electrons. The van der Waals surface area contributed by atoms with E-state index in [9.17, 15) is 4.79 Å². The Morgan fingerprint density at radius 3 is 2.53 bits per heavy atom. The van der Waals surface area contributed by atoms with Crippen molar-refractivity contribution in [3.8, 4) is 5.75 Å². The van der Waals surface area contributed by atoms with Crippen molar-refractivity contribution in [2.24, 2.45) is 0 Å². The zero-order valence-corrected chi connectivity index (χ0v) is 11.3. The summed E-state index contributed by atoms with van der Waals surface area (Å²) in [4.78, 5) is 10.3. The maximum atomic E-state index is 10.3. The highest BCUT2D eigenvalue weighted by atomic mass is 35.5. The van der Waals surface area contributed by atoms with Crippen molar-refractivity contribution in [2.45, 2.75) is 6.42 Å². The summed E-state index contributed by atoms with van der Waals surface area (Å²) in [6, 6.07) is 5.17. The predicted molar refractivity (Wildman–Crippen MR) is 71.5 cm³/mol. The number of carbonyl (C=O) groups is 1. The lowest BCUT2D eigenvalue weighted by molar-refractivity contribution is -0.136. The fourth-order valence-corrected chi connectivity index (χ4v) is 2.32. The van der Waals surface area contributed by atoms with E-state index >= 15 is 0 Å². The lowest BCUT2D eigenvalue weighted by Gasteiger charge is -2.09. The summed E-state index contributed by atoms with van der Waals surface area (Å²) in [5.74, 6) is 0.978. The van der Waals surface area contributed by atoms with Crippen LogP contribution in [0.4, 0.5) is 0 Å². The fraction of sp³-hybridized carbons (Fsp3) is 0.364. The third-order valence-electron chi connectivity index (χ3n) is 1.85. The van der Waals surface area contributed by atoms with Crippen molar-refractivity contribution in [3.63, 3.8) is 0 Å². The average Bonchev–Trinajstić information content (AvgIpc) is 2.26. The van der Waals surface area contributed by atoms with Crippen LogP contribution in [0.1, 0.15) is 6.42 Å². The number of thioether (sulfide) groups is 1. The van der Waals surface area contributed by atoms with Crippen molar-refractivity contribution < 1.29 is 14.6 Å². The number of benzene rings is 1. The third kappa shape index (κ3) is 5.52. The molecule has 0 heterocycles. The molecule has 0 aliphatic rings. The van der Waals surface area contributed by atoms with Crippen LogP contribution >= 0.6 is 35.0 Å². The van der Waals surface area contributed by atoms with Crippen LogP contribution in [0.3, 0.4) is 0 Å². The molecule has 0 bridgehead atoms. The van der Waals surface area contributed by atoms with E-state index in [0.717, 1.165) is 0 Å². The van der Waals surface area contributed by atoms with Crippen LogP contribution in [0.25, 0.3) is 0 Å². The van der Waals surface area contributed by atoms with Crippen LogP contribution in [-0.2, 0) is 4.79 Å². The van der Waals surface area contributed by atoms with Gasteiger partial charge in [0, 0.05) is 11.5 Å². The van der Waals surface area contributed by atoms with Gasteiger partial charge in [0.25, 0.3) is 0 Å². The number of halogens is 2. The van der Waals surface area contributed by atoms with Crippen LogP contribution in [0.15, 0.2) is 18.2 Å². The first-order chi connectivity index (χ1) is 8.11. The SMILES string of the molecule is O=C(O)CCSCCOc1c(Cl)cccc1Cl. The van der Waals surface area contributed by atoms with E-state index < -0.39 is 5.97 Å². The van der Waals surface area contributed by atoms with Crippen LogP contribution < -0.4 is 4.74 Å². The van der Waals surface area contributed by atoms with Gasteiger partial charge in [0.05, 0.1) is 23.1 Å². The number of rotatable bonds is 7. The third-order valence-corrected chi connectivity index (χ3v) is 3.40. The van der Waals surface area contributed by atoms with Crippen molar-refractivity contribution in [3.05, 3.63) is 28.2 Å². The largest absolute Gasteiger partial charge is 0.490 e. The van der Waals surface area contributed by atoms with Gasteiger partial charge in [0.15, 0.2) is 5.75 Å². The van der Waals surface area contributed by atoms with E-state index in [1.807, 2.05) is 0 Å². The molecule has 0 fully saturated rings. The Kier molecular flexibility index (Phi) is 6.55. The molecule has 0 atom stereocenters. The number of hydrogen-bond donors (Lipinski definition) is 1.